The summed E-state index contributed by atoms with van der Waals surface area (Å²) < 4.78 is 4.87. The normalized spacial score (nSPS) is 10.1. The van der Waals surface area contributed by atoms with Crippen LogP contribution in [-0.4, -0.2) is 22.5 Å². The van der Waals surface area contributed by atoms with E-state index in [2.05, 4.69) is 15.3 Å². The van der Waals surface area contributed by atoms with Crippen LogP contribution in [0.15, 0.2) is 23.6 Å². The van der Waals surface area contributed by atoms with Crippen LogP contribution in [0.1, 0.15) is 23.1 Å². The van der Waals surface area contributed by atoms with Crippen molar-refractivity contribution >= 4 is 28.3 Å². The van der Waals surface area contributed by atoms with Crippen LogP contribution in [0.2, 0.25) is 0 Å². The zero-order valence-corrected chi connectivity index (χ0v) is 11.0. The number of pyridine rings is 1. The summed E-state index contributed by atoms with van der Waals surface area (Å²) >= 11 is 1.34. The number of carbonyl (C=O) groups excluding carboxylic acids is 1. The van der Waals surface area contributed by atoms with E-state index in [-0.39, 0.29) is 0 Å². The van der Waals surface area contributed by atoms with Crippen molar-refractivity contribution in [3.8, 4) is 0 Å². The number of carbonyl (C=O) groups is 1. The Hall–Kier alpha value is -1.95. The van der Waals surface area contributed by atoms with E-state index >= 15 is 0 Å². The first-order valence-electron chi connectivity index (χ1n) is 5.52. The number of thiazole rings is 1. The van der Waals surface area contributed by atoms with Gasteiger partial charge in [0.1, 0.15) is 5.82 Å². The Morgan fingerprint density at radius 1 is 1.44 bits per heavy atom. The maximum Gasteiger partial charge on any atom is 0.357 e. The zero-order valence-electron chi connectivity index (χ0n) is 10.1. The van der Waals surface area contributed by atoms with Gasteiger partial charge >= 0.3 is 5.97 Å². The fourth-order valence-corrected chi connectivity index (χ4v) is 2.04. The third-order valence-corrected chi connectivity index (χ3v) is 2.87. The molecule has 2 aromatic rings. The van der Waals surface area contributed by atoms with Crippen molar-refractivity contribution in [3.05, 3.63) is 35.0 Å². The molecule has 0 unspecified atom stereocenters. The van der Waals surface area contributed by atoms with E-state index in [0.29, 0.717) is 23.3 Å². The van der Waals surface area contributed by atoms with Crippen molar-refractivity contribution < 1.29 is 9.53 Å². The van der Waals surface area contributed by atoms with E-state index in [0.717, 1.165) is 5.69 Å². The Morgan fingerprint density at radius 2 is 2.28 bits per heavy atom. The Kier molecular flexibility index (Phi) is 3.88. The second-order valence-corrected chi connectivity index (χ2v) is 4.41. The van der Waals surface area contributed by atoms with Crippen LogP contribution >= 0.6 is 11.3 Å². The van der Waals surface area contributed by atoms with Gasteiger partial charge in [-0.2, -0.15) is 0 Å². The third kappa shape index (κ3) is 3.04. The summed E-state index contributed by atoms with van der Waals surface area (Å²) in [6.45, 7) is 4.02. The number of nitrogens with zero attached hydrogens (tertiary/aromatic N) is 2. The Labute approximate surface area is 109 Å². The van der Waals surface area contributed by atoms with Crippen molar-refractivity contribution in [3.63, 3.8) is 0 Å². The minimum Gasteiger partial charge on any atom is -0.461 e. The van der Waals surface area contributed by atoms with Gasteiger partial charge in [0, 0.05) is 11.1 Å². The van der Waals surface area contributed by atoms with Crippen LogP contribution in [0.3, 0.4) is 0 Å². The lowest BCUT2D eigenvalue weighted by molar-refractivity contribution is 0.0520. The summed E-state index contributed by atoms with van der Waals surface area (Å²) in [6.07, 6.45) is 0. The number of hydrogen-bond donors (Lipinski definition) is 1. The minimum atomic E-state index is -0.404. The average molecular weight is 263 g/mol. The second-order valence-electron chi connectivity index (χ2n) is 3.55. The van der Waals surface area contributed by atoms with Gasteiger partial charge in [-0.15, -0.1) is 11.3 Å². The Balaban J connectivity index is 2.09. The van der Waals surface area contributed by atoms with Gasteiger partial charge in [-0.05, 0) is 26.0 Å². The molecule has 5 nitrogen and oxygen atoms in total. The number of anilines is 2. The fourth-order valence-electron chi connectivity index (χ4n) is 1.35. The standard InChI is InChI=1S/C12H13N3O2S/c1-3-17-11(16)9-7-18-12(14-9)15-10-6-4-5-8(2)13-10/h4-7H,3H2,1-2H3,(H,13,14,15). The smallest absolute Gasteiger partial charge is 0.357 e. The van der Waals surface area contributed by atoms with E-state index in [1.54, 1.807) is 12.3 Å². The van der Waals surface area contributed by atoms with Crippen molar-refractivity contribution in [2.45, 2.75) is 13.8 Å². The monoisotopic (exact) mass is 263 g/mol. The number of aryl methyl sites for hydroxylation is 1. The zero-order chi connectivity index (χ0) is 13.0. The quantitative estimate of drug-likeness (QED) is 0.859. The first kappa shape index (κ1) is 12.5. The molecule has 0 bridgehead atoms. The lowest BCUT2D eigenvalue weighted by atomic mass is 10.4. The van der Waals surface area contributed by atoms with Crippen LogP contribution in [0.25, 0.3) is 0 Å². The van der Waals surface area contributed by atoms with E-state index < -0.39 is 5.97 Å². The van der Waals surface area contributed by atoms with Crippen LogP contribution in [0, 0.1) is 6.92 Å². The molecule has 0 saturated carbocycles. The van der Waals surface area contributed by atoms with Gasteiger partial charge in [-0.3, -0.25) is 0 Å². The van der Waals surface area contributed by atoms with E-state index in [1.807, 2.05) is 25.1 Å². The summed E-state index contributed by atoms with van der Waals surface area (Å²) in [6, 6.07) is 5.67. The van der Waals surface area contributed by atoms with Crippen molar-refractivity contribution in [2.75, 3.05) is 11.9 Å². The largest absolute Gasteiger partial charge is 0.461 e. The average Bonchev–Trinajstić information content (AvgIpc) is 2.78. The molecule has 0 amide bonds. The molecule has 2 aromatic heterocycles. The molecule has 0 saturated heterocycles. The molecule has 0 aliphatic heterocycles. The van der Waals surface area contributed by atoms with Gasteiger partial charge in [0.25, 0.3) is 0 Å². The van der Waals surface area contributed by atoms with Crippen LogP contribution in [-0.2, 0) is 4.74 Å². The van der Waals surface area contributed by atoms with E-state index in [1.165, 1.54) is 11.3 Å². The SMILES string of the molecule is CCOC(=O)c1csc(Nc2cccc(C)n2)n1. The molecule has 94 valence electrons. The number of rotatable bonds is 4. The fraction of sp³-hybridized carbons (Fsp3) is 0.250. The number of aromatic nitrogens is 2. The van der Waals surface area contributed by atoms with Gasteiger partial charge in [-0.1, -0.05) is 6.07 Å². The van der Waals surface area contributed by atoms with Gasteiger partial charge in [0.05, 0.1) is 6.61 Å². The molecule has 2 heterocycles. The minimum absolute atomic E-state index is 0.317. The topological polar surface area (TPSA) is 64.1 Å². The number of nitrogens with one attached hydrogen (secondary N) is 1. The molecular weight excluding hydrogens is 250 g/mol. The van der Waals surface area contributed by atoms with Gasteiger partial charge in [0.15, 0.2) is 10.8 Å². The summed E-state index contributed by atoms with van der Waals surface area (Å²) in [5, 5.41) is 5.33. The first-order chi connectivity index (χ1) is 8.69. The molecule has 6 heteroatoms. The summed E-state index contributed by atoms with van der Waals surface area (Å²) in [4.78, 5) is 19.9. The number of esters is 1. The molecule has 0 spiro atoms. The molecule has 0 radical (unpaired) electrons. The molecule has 2 rings (SSSR count). The number of ether oxygens (including phenoxy) is 1. The molecular formula is C12H13N3O2S. The Morgan fingerprint density at radius 3 is 3.00 bits per heavy atom. The maximum absolute atomic E-state index is 11.4. The van der Waals surface area contributed by atoms with Gasteiger partial charge < -0.3 is 10.1 Å². The second kappa shape index (κ2) is 5.59. The van der Waals surface area contributed by atoms with Crippen LogP contribution < -0.4 is 5.32 Å². The molecule has 0 aromatic carbocycles. The van der Waals surface area contributed by atoms with Crippen molar-refractivity contribution in [2.24, 2.45) is 0 Å². The molecule has 0 fully saturated rings. The summed E-state index contributed by atoms with van der Waals surface area (Å²) in [7, 11) is 0. The van der Waals surface area contributed by atoms with Crippen LogP contribution in [0.4, 0.5) is 10.9 Å². The molecule has 1 N–H and O–H groups in total. The van der Waals surface area contributed by atoms with Gasteiger partial charge in [-0.25, -0.2) is 14.8 Å². The number of hydrogen-bond acceptors (Lipinski definition) is 6. The van der Waals surface area contributed by atoms with Crippen molar-refractivity contribution in [1.82, 2.24) is 9.97 Å². The first-order valence-corrected chi connectivity index (χ1v) is 6.40. The molecule has 18 heavy (non-hydrogen) atoms. The Bertz CT molecular complexity index is 554. The lowest BCUT2D eigenvalue weighted by Crippen LogP contribution is -2.05. The summed E-state index contributed by atoms with van der Waals surface area (Å²) in [5.74, 6) is 0.304. The van der Waals surface area contributed by atoms with Crippen LogP contribution in [0.5, 0.6) is 0 Å². The van der Waals surface area contributed by atoms with E-state index in [4.69, 9.17) is 4.74 Å². The molecule has 0 aliphatic carbocycles. The highest BCUT2D eigenvalue weighted by molar-refractivity contribution is 7.14. The molecule has 0 aliphatic rings. The highest BCUT2D eigenvalue weighted by Crippen LogP contribution is 2.20. The van der Waals surface area contributed by atoms with E-state index in [9.17, 15) is 4.79 Å². The highest BCUT2D eigenvalue weighted by atomic mass is 32.1. The molecule has 0 atom stereocenters. The van der Waals surface area contributed by atoms with Gasteiger partial charge in [0.2, 0.25) is 0 Å². The summed E-state index contributed by atoms with van der Waals surface area (Å²) in [5.41, 5.74) is 1.24. The predicted octanol–water partition coefficient (Wildman–Crippen LogP) is 2.77. The van der Waals surface area contributed by atoms with Crippen molar-refractivity contribution in [1.29, 1.82) is 0 Å². The third-order valence-electron chi connectivity index (χ3n) is 2.11. The lowest BCUT2D eigenvalue weighted by Gasteiger charge is -2.01. The highest BCUT2D eigenvalue weighted by Gasteiger charge is 2.11. The maximum atomic E-state index is 11.4. The predicted molar refractivity (Wildman–Crippen MR) is 70.3 cm³/mol.